The van der Waals surface area contributed by atoms with E-state index in [4.69, 9.17) is 5.11 Å². The molecule has 0 radical (unpaired) electrons. The van der Waals surface area contributed by atoms with Gasteiger partial charge in [-0.1, -0.05) is 106 Å². The molecule has 21 heavy (non-hydrogen) atoms. The minimum atomic E-state index is -1.19. The number of hydrogen-bond acceptors (Lipinski definition) is 1. The largest absolute Gasteiger partial charge is 0.396 e. The third kappa shape index (κ3) is 8.42. The fourth-order valence-corrected chi connectivity index (χ4v) is 5.47. The van der Waals surface area contributed by atoms with E-state index in [1.807, 2.05) is 0 Å². The number of benzene rings is 1. The van der Waals surface area contributed by atoms with Gasteiger partial charge >= 0.3 is 0 Å². The van der Waals surface area contributed by atoms with Crippen molar-refractivity contribution >= 4 is 13.3 Å². The zero-order valence-electron chi connectivity index (χ0n) is 14.1. The smallest absolute Gasteiger partial charge is 0.0806 e. The van der Waals surface area contributed by atoms with Crippen molar-refractivity contribution in [2.45, 2.75) is 76.9 Å². The Balaban J connectivity index is 2.01. The van der Waals surface area contributed by atoms with Crippen LogP contribution >= 0.6 is 0 Å². The van der Waals surface area contributed by atoms with Crippen LogP contribution in [0.2, 0.25) is 19.1 Å². The number of unbranched alkanes of at least 4 members (excludes halogenated alkanes) is 8. The van der Waals surface area contributed by atoms with Gasteiger partial charge in [0.15, 0.2) is 0 Å². The van der Waals surface area contributed by atoms with E-state index < -0.39 is 8.07 Å². The minimum Gasteiger partial charge on any atom is -0.396 e. The van der Waals surface area contributed by atoms with Crippen LogP contribution in [0, 0.1) is 0 Å². The van der Waals surface area contributed by atoms with E-state index in [1.54, 1.807) is 5.19 Å². The monoisotopic (exact) mass is 306 g/mol. The number of aliphatic hydroxyl groups excluding tert-OH is 1. The second-order valence-electron chi connectivity index (χ2n) is 6.91. The Morgan fingerprint density at radius 2 is 1.19 bits per heavy atom. The average Bonchev–Trinajstić information content (AvgIpc) is 2.50. The third-order valence-corrected chi connectivity index (χ3v) is 8.01. The van der Waals surface area contributed by atoms with E-state index >= 15 is 0 Å². The van der Waals surface area contributed by atoms with Crippen LogP contribution in [0.15, 0.2) is 30.3 Å². The van der Waals surface area contributed by atoms with Crippen molar-refractivity contribution in [2.24, 2.45) is 0 Å². The van der Waals surface area contributed by atoms with Crippen LogP contribution in [0.4, 0.5) is 0 Å². The summed E-state index contributed by atoms with van der Waals surface area (Å²) in [4.78, 5) is 0. The van der Waals surface area contributed by atoms with Crippen LogP contribution in [-0.4, -0.2) is 19.8 Å². The summed E-state index contributed by atoms with van der Waals surface area (Å²) in [6, 6.07) is 12.5. The van der Waals surface area contributed by atoms with Crippen LogP contribution < -0.4 is 5.19 Å². The fraction of sp³-hybridized carbons (Fsp3) is 0.684. The highest BCUT2D eigenvalue weighted by atomic mass is 28.3. The predicted molar refractivity (Wildman–Crippen MR) is 97.0 cm³/mol. The summed E-state index contributed by atoms with van der Waals surface area (Å²) in [6.07, 6.45) is 11.8. The molecule has 1 aromatic carbocycles. The topological polar surface area (TPSA) is 20.2 Å². The molecule has 0 saturated carbocycles. The Morgan fingerprint density at radius 3 is 1.71 bits per heavy atom. The van der Waals surface area contributed by atoms with Gasteiger partial charge in [0.25, 0.3) is 0 Å². The molecule has 1 N–H and O–H groups in total. The van der Waals surface area contributed by atoms with Crippen molar-refractivity contribution in [3.8, 4) is 0 Å². The lowest BCUT2D eigenvalue weighted by Crippen LogP contribution is -2.40. The van der Waals surface area contributed by atoms with Gasteiger partial charge in [0, 0.05) is 6.61 Å². The molecule has 0 fully saturated rings. The summed E-state index contributed by atoms with van der Waals surface area (Å²) >= 11 is 0. The van der Waals surface area contributed by atoms with Crippen molar-refractivity contribution < 1.29 is 5.11 Å². The molecule has 0 aliphatic rings. The summed E-state index contributed by atoms with van der Waals surface area (Å²) in [5, 5.41) is 10.3. The Hall–Kier alpha value is -0.603. The second-order valence-corrected chi connectivity index (χ2v) is 11.8. The molecule has 0 heterocycles. The van der Waals surface area contributed by atoms with Crippen LogP contribution in [0.3, 0.4) is 0 Å². The Morgan fingerprint density at radius 1 is 0.714 bits per heavy atom. The lowest BCUT2D eigenvalue weighted by atomic mass is 10.1. The average molecular weight is 307 g/mol. The van der Waals surface area contributed by atoms with Gasteiger partial charge in [-0.15, -0.1) is 0 Å². The summed E-state index contributed by atoms with van der Waals surface area (Å²) in [7, 11) is -1.19. The maximum absolute atomic E-state index is 8.72. The maximum atomic E-state index is 8.72. The van der Waals surface area contributed by atoms with Gasteiger partial charge in [-0.3, -0.25) is 0 Å². The first kappa shape index (κ1) is 18.4. The zero-order chi connectivity index (χ0) is 15.4. The van der Waals surface area contributed by atoms with E-state index in [9.17, 15) is 0 Å². The van der Waals surface area contributed by atoms with Crippen molar-refractivity contribution in [2.75, 3.05) is 6.61 Å². The van der Waals surface area contributed by atoms with Gasteiger partial charge in [-0.2, -0.15) is 0 Å². The molecule has 120 valence electrons. The first-order valence-electron chi connectivity index (χ1n) is 8.83. The summed E-state index contributed by atoms with van der Waals surface area (Å²) in [6.45, 7) is 5.37. The van der Waals surface area contributed by atoms with Crippen LogP contribution in [0.1, 0.15) is 57.8 Å². The number of aliphatic hydroxyl groups is 1. The number of rotatable bonds is 12. The molecule has 0 aliphatic carbocycles. The maximum Gasteiger partial charge on any atom is 0.0806 e. The van der Waals surface area contributed by atoms with E-state index in [2.05, 4.69) is 43.4 Å². The Labute approximate surface area is 132 Å². The minimum absolute atomic E-state index is 0.362. The molecule has 0 aliphatic heterocycles. The summed E-state index contributed by atoms with van der Waals surface area (Å²) in [5.74, 6) is 0. The molecule has 0 amide bonds. The molecule has 0 atom stereocenters. The molecule has 0 unspecified atom stereocenters. The quantitative estimate of drug-likeness (QED) is 0.420. The molecule has 0 bridgehead atoms. The van der Waals surface area contributed by atoms with Crippen molar-refractivity contribution in [1.82, 2.24) is 0 Å². The molecular formula is C19H34OSi. The lowest BCUT2D eigenvalue weighted by Gasteiger charge is -2.22. The van der Waals surface area contributed by atoms with E-state index in [0.717, 1.165) is 6.42 Å². The molecular weight excluding hydrogens is 272 g/mol. The van der Waals surface area contributed by atoms with Crippen molar-refractivity contribution in [3.05, 3.63) is 30.3 Å². The zero-order valence-corrected chi connectivity index (χ0v) is 15.1. The summed E-state index contributed by atoms with van der Waals surface area (Å²) in [5.41, 5.74) is 0. The van der Waals surface area contributed by atoms with Crippen molar-refractivity contribution in [1.29, 1.82) is 0 Å². The molecule has 2 heteroatoms. The highest BCUT2D eigenvalue weighted by Crippen LogP contribution is 2.17. The Kier molecular flexibility index (Phi) is 9.69. The molecule has 0 spiro atoms. The van der Waals surface area contributed by atoms with Crippen LogP contribution in [0.5, 0.6) is 0 Å². The first-order valence-corrected chi connectivity index (χ1v) is 12.0. The standard InChI is InChI=1S/C19H34OSi/c1-21(2,19-15-11-10-12-16-19)18-14-9-7-5-3-4-6-8-13-17-20/h10-12,15-16,20H,3-9,13-14,17-18H2,1-2H3. The fourth-order valence-electron chi connectivity index (χ4n) is 2.95. The van der Waals surface area contributed by atoms with Gasteiger partial charge in [0.1, 0.15) is 0 Å². The van der Waals surface area contributed by atoms with Gasteiger partial charge in [0.05, 0.1) is 8.07 Å². The normalized spacial score (nSPS) is 11.8. The Bertz CT molecular complexity index is 348. The highest BCUT2D eigenvalue weighted by molar-refractivity contribution is 6.89. The van der Waals surface area contributed by atoms with E-state index in [0.29, 0.717) is 6.61 Å². The molecule has 1 rings (SSSR count). The number of hydrogen-bond donors (Lipinski definition) is 1. The second kappa shape index (κ2) is 11.0. The first-order chi connectivity index (χ1) is 10.2. The third-order valence-electron chi connectivity index (χ3n) is 4.52. The molecule has 0 saturated heterocycles. The van der Waals surface area contributed by atoms with Gasteiger partial charge in [0.2, 0.25) is 0 Å². The highest BCUT2D eigenvalue weighted by Gasteiger charge is 2.21. The van der Waals surface area contributed by atoms with E-state index in [1.165, 1.54) is 57.4 Å². The molecule has 0 aromatic heterocycles. The lowest BCUT2D eigenvalue weighted by molar-refractivity contribution is 0.282. The SMILES string of the molecule is C[Si](C)(CCCCCCCCCCCO)c1ccccc1. The summed E-state index contributed by atoms with van der Waals surface area (Å²) < 4.78 is 0. The van der Waals surface area contributed by atoms with Crippen molar-refractivity contribution in [3.63, 3.8) is 0 Å². The van der Waals surface area contributed by atoms with Crippen LogP contribution in [0.25, 0.3) is 0 Å². The van der Waals surface area contributed by atoms with Gasteiger partial charge in [-0.05, 0) is 6.42 Å². The van der Waals surface area contributed by atoms with Gasteiger partial charge in [-0.25, -0.2) is 0 Å². The molecule has 1 nitrogen and oxygen atoms in total. The van der Waals surface area contributed by atoms with Crippen LogP contribution in [-0.2, 0) is 0 Å². The van der Waals surface area contributed by atoms with E-state index in [-0.39, 0.29) is 0 Å². The van der Waals surface area contributed by atoms with Gasteiger partial charge < -0.3 is 5.11 Å². The predicted octanol–water partition coefficient (Wildman–Crippen LogP) is 5.11. The molecule has 1 aromatic rings.